The quantitative estimate of drug-likeness (QED) is 0.483. The van der Waals surface area contributed by atoms with Gasteiger partial charge in [0, 0.05) is 5.56 Å². The molecule has 2 N–H and O–H groups in total. The first-order valence-electron chi connectivity index (χ1n) is 9.91. The minimum Gasteiger partial charge on any atom is -0.497 e. The van der Waals surface area contributed by atoms with Crippen LogP contribution in [0.5, 0.6) is 5.75 Å². The van der Waals surface area contributed by atoms with Crippen molar-refractivity contribution >= 4 is 17.6 Å². The van der Waals surface area contributed by atoms with E-state index in [1.807, 2.05) is 39.1 Å². The zero-order chi connectivity index (χ0) is 21.4. The van der Waals surface area contributed by atoms with Crippen LogP contribution in [0.1, 0.15) is 54.5 Å². The first-order chi connectivity index (χ1) is 13.5. The third kappa shape index (κ3) is 9.97. The number of aryl methyl sites for hydroxylation is 2. The third-order valence-electron chi connectivity index (χ3n) is 3.63. The van der Waals surface area contributed by atoms with Crippen molar-refractivity contribution in [1.29, 1.82) is 0 Å². The van der Waals surface area contributed by atoms with E-state index in [2.05, 4.69) is 36.4 Å². The predicted molar refractivity (Wildman–Crippen MR) is 122 cm³/mol. The Kier molecular flexibility index (Phi) is 15.2. The van der Waals surface area contributed by atoms with Crippen LogP contribution in [0.4, 0.5) is 0 Å². The summed E-state index contributed by atoms with van der Waals surface area (Å²) in [6, 6.07) is 5.84. The van der Waals surface area contributed by atoms with E-state index in [0.717, 1.165) is 53.5 Å². The van der Waals surface area contributed by atoms with E-state index in [4.69, 9.17) is 4.74 Å². The summed E-state index contributed by atoms with van der Waals surface area (Å²) in [5.74, 6) is 0.829. The number of carbonyl (C=O) groups excluding carboxylic acids is 1. The van der Waals surface area contributed by atoms with Gasteiger partial charge in [-0.1, -0.05) is 27.2 Å². The zero-order valence-electron chi connectivity index (χ0n) is 18.5. The van der Waals surface area contributed by atoms with Crippen LogP contribution in [0.2, 0.25) is 0 Å². The largest absolute Gasteiger partial charge is 0.497 e. The molecule has 0 saturated heterocycles. The second kappa shape index (κ2) is 16.2. The lowest BCUT2D eigenvalue weighted by Crippen LogP contribution is -2.18. The average molecular weight is 408 g/mol. The topological polar surface area (TPSA) is 63.2 Å². The fourth-order valence-corrected chi connectivity index (χ4v) is 3.17. The summed E-state index contributed by atoms with van der Waals surface area (Å²) in [6.07, 6.45) is 3.33. The van der Waals surface area contributed by atoms with Crippen LogP contribution in [-0.2, 0) is 0 Å². The molecular formula is C22H37N3O2S. The summed E-state index contributed by atoms with van der Waals surface area (Å²) in [5, 5.41) is 7.21. The number of nitrogens with one attached hydrogen (secondary N) is 2. The Morgan fingerprint density at radius 1 is 1.18 bits per heavy atom. The van der Waals surface area contributed by atoms with Gasteiger partial charge in [-0.15, -0.1) is 11.3 Å². The van der Waals surface area contributed by atoms with Crippen molar-refractivity contribution in [3.8, 4) is 16.3 Å². The maximum atomic E-state index is 10.8. The van der Waals surface area contributed by atoms with E-state index in [-0.39, 0.29) is 0 Å². The van der Waals surface area contributed by atoms with E-state index in [1.165, 1.54) is 24.2 Å². The highest BCUT2D eigenvalue weighted by Gasteiger charge is 2.11. The summed E-state index contributed by atoms with van der Waals surface area (Å²) < 4.78 is 5.16. The van der Waals surface area contributed by atoms with Gasteiger partial charge in [0.05, 0.1) is 17.7 Å². The van der Waals surface area contributed by atoms with Gasteiger partial charge in [-0.05, 0) is 70.7 Å². The van der Waals surface area contributed by atoms with Crippen LogP contribution >= 0.6 is 11.3 Å². The number of rotatable bonds is 8. The smallest absolute Gasteiger partial charge is 0.161 e. The Balaban J connectivity index is 0.000000558. The molecule has 0 unspecified atom stereocenters. The van der Waals surface area contributed by atoms with E-state index in [9.17, 15) is 4.79 Å². The summed E-state index contributed by atoms with van der Waals surface area (Å²) >= 11 is 1.42. The molecule has 1 aromatic heterocycles. The maximum Gasteiger partial charge on any atom is 0.161 e. The molecule has 158 valence electrons. The van der Waals surface area contributed by atoms with Crippen molar-refractivity contribution in [2.75, 3.05) is 33.8 Å². The van der Waals surface area contributed by atoms with Crippen molar-refractivity contribution in [2.24, 2.45) is 0 Å². The number of hydrogen-bond donors (Lipinski definition) is 2. The van der Waals surface area contributed by atoms with E-state index >= 15 is 0 Å². The number of ether oxygens (including phenoxy) is 1. The van der Waals surface area contributed by atoms with Gasteiger partial charge in [0.1, 0.15) is 10.8 Å². The molecule has 1 aromatic carbocycles. The van der Waals surface area contributed by atoms with Gasteiger partial charge in [0.2, 0.25) is 0 Å². The van der Waals surface area contributed by atoms with Crippen LogP contribution in [0.15, 0.2) is 18.2 Å². The van der Waals surface area contributed by atoms with Crippen molar-refractivity contribution < 1.29 is 9.53 Å². The van der Waals surface area contributed by atoms with Crippen LogP contribution in [0.25, 0.3) is 10.6 Å². The lowest BCUT2D eigenvalue weighted by molar-refractivity contribution is 0.112. The molecule has 0 radical (unpaired) electrons. The van der Waals surface area contributed by atoms with Crippen molar-refractivity contribution in [2.45, 2.75) is 47.5 Å². The van der Waals surface area contributed by atoms with Crippen molar-refractivity contribution in [1.82, 2.24) is 15.6 Å². The number of aromatic nitrogens is 1. The number of methoxy groups -OCH3 is 1. The van der Waals surface area contributed by atoms with Gasteiger partial charge in [-0.3, -0.25) is 4.79 Å². The lowest BCUT2D eigenvalue weighted by Gasteiger charge is -2.05. The molecule has 0 aliphatic rings. The Labute approximate surface area is 174 Å². The van der Waals surface area contributed by atoms with E-state index in [1.54, 1.807) is 7.11 Å². The number of carbonyl (C=O) groups is 1. The zero-order valence-corrected chi connectivity index (χ0v) is 19.3. The standard InChI is InChI=1S/C13H13NO2S.C6H16N2.C3H8/c1-8-6-10(16-3)4-5-11(8)13-14-9(2)12(7-15)17-13;1-3-8-6-4-5-7-2;1-3-2/h4-7H,1-3H3;7-8H,3-6H2,1-2H3;3H2,1-2H3. The minimum atomic E-state index is 0.690. The molecule has 2 rings (SSSR count). The van der Waals surface area contributed by atoms with Gasteiger partial charge in [-0.25, -0.2) is 4.98 Å². The Morgan fingerprint density at radius 2 is 1.86 bits per heavy atom. The minimum absolute atomic E-state index is 0.690. The van der Waals surface area contributed by atoms with Crippen LogP contribution < -0.4 is 15.4 Å². The highest BCUT2D eigenvalue weighted by atomic mass is 32.1. The number of nitrogens with zero attached hydrogens (tertiary/aromatic N) is 1. The fraction of sp³-hybridized carbons (Fsp3) is 0.545. The van der Waals surface area contributed by atoms with Gasteiger partial charge in [0.25, 0.3) is 0 Å². The monoisotopic (exact) mass is 407 g/mol. The maximum absolute atomic E-state index is 10.8. The molecular weight excluding hydrogens is 370 g/mol. The molecule has 0 aliphatic carbocycles. The third-order valence-corrected chi connectivity index (χ3v) is 4.75. The molecule has 1 heterocycles. The first-order valence-corrected chi connectivity index (χ1v) is 10.7. The molecule has 0 amide bonds. The fourth-order valence-electron chi connectivity index (χ4n) is 2.20. The molecule has 6 heteroatoms. The highest BCUT2D eigenvalue weighted by Crippen LogP contribution is 2.31. The molecule has 0 fully saturated rings. The van der Waals surface area contributed by atoms with Crippen LogP contribution in [0.3, 0.4) is 0 Å². The summed E-state index contributed by atoms with van der Waals surface area (Å²) in [7, 11) is 3.62. The van der Waals surface area contributed by atoms with Crippen LogP contribution in [-0.4, -0.2) is 45.1 Å². The lowest BCUT2D eigenvalue weighted by atomic mass is 10.1. The van der Waals surface area contributed by atoms with Crippen LogP contribution in [0, 0.1) is 13.8 Å². The van der Waals surface area contributed by atoms with Crippen molar-refractivity contribution in [3.63, 3.8) is 0 Å². The SMILES string of the molecule is CCC.CCNCCCNC.COc1ccc(-c2nc(C)c(C=O)s2)c(C)c1. The summed E-state index contributed by atoms with van der Waals surface area (Å²) in [5.41, 5.74) is 2.93. The normalized spacial score (nSPS) is 9.68. The molecule has 5 nitrogen and oxygen atoms in total. The Morgan fingerprint density at radius 3 is 2.32 bits per heavy atom. The Hall–Kier alpha value is -1.76. The number of thiazole rings is 1. The molecule has 0 saturated carbocycles. The molecule has 0 atom stereocenters. The van der Waals surface area contributed by atoms with Gasteiger partial charge >= 0.3 is 0 Å². The second-order valence-electron chi connectivity index (χ2n) is 6.29. The molecule has 0 spiro atoms. The average Bonchev–Trinajstić information content (AvgIpc) is 3.06. The molecule has 2 aromatic rings. The van der Waals surface area contributed by atoms with Crippen molar-refractivity contribution in [3.05, 3.63) is 34.3 Å². The van der Waals surface area contributed by atoms with Gasteiger partial charge in [0.15, 0.2) is 6.29 Å². The first kappa shape index (κ1) is 26.2. The van der Waals surface area contributed by atoms with Gasteiger partial charge < -0.3 is 15.4 Å². The summed E-state index contributed by atoms with van der Waals surface area (Å²) in [4.78, 5) is 15.9. The summed E-state index contributed by atoms with van der Waals surface area (Å²) in [6.45, 7) is 13.6. The number of benzene rings is 1. The highest BCUT2D eigenvalue weighted by molar-refractivity contribution is 7.16. The van der Waals surface area contributed by atoms with E-state index < -0.39 is 0 Å². The molecule has 0 bridgehead atoms. The van der Waals surface area contributed by atoms with Gasteiger partial charge in [-0.2, -0.15) is 0 Å². The number of aldehydes is 1. The molecule has 28 heavy (non-hydrogen) atoms. The Bertz CT molecular complexity index is 666. The predicted octanol–water partition coefficient (Wildman–Crippen LogP) is 4.87. The second-order valence-corrected chi connectivity index (χ2v) is 7.32. The number of hydrogen-bond acceptors (Lipinski definition) is 6. The molecule has 0 aliphatic heterocycles. The van der Waals surface area contributed by atoms with E-state index in [0.29, 0.717) is 4.88 Å².